The number of methoxy groups -OCH3 is 2. The smallest absolute Gasteiger partial charge is 0.173 e. The van der Waals surface area contributed by atoms with Crippen LogP contribution in [0.1, 0.15) is 23.0 Å². The fraction of sp³-hybridized carbons (Fsp3) is 0.409. The second-order valence-corrected chi connectivity index (χ2v) is 7.67. The van der Waals surface area contributed by atoms with Crippen molar-refractivity contribution in [2.24, 2.45) is 0 Å². The highest BCUT2D eigenvalue weighted by Gasteiger charge is 2.32. The lowest BCUT2D eigenvalue weighted by atomic mass is 10.0. The summed E-state index contributed by atoms with van der Waals surface area (Å²) in [6, 6.07) is 12.0. The van der Waals surface area contributed by atoms with Gasteiger partial charge in [-0.3, -0.25) is 4.90 Å². The van der Waals surface area contributed by atoms with Crippen molar-refractivity contribution < 1.29 is 13.9 Å². The summed E-state index contributed by atoms with van der Waals surface area (Å²) in [4.78, 5) is 4.68. The highest BCUT2D eigenvalue weighted by molar-refractivity contribution is 5.44. The number of aromatic nitrogens is 4. The van der Waals surface area contributed by atoms with Crippen molar-refractivity contribution in [3.05, 3.63) is 65.2 Å². The zero-order chi connectivity index (χ0) is 21.8. The molecule has 3 aromatic rings. The fourth-order valence-corrected chi connectivity index (χ4v) is 3.91. The van der Waals surface area contributed by atoms with Gasteiger partial charge in [0, 0.05) is 37.8 Å². The SMILES string of the molecule is COc1ccc([C@H](c2nnnn2Cc2ccc(F)cc2)N2CCN(C)CC2)c(OC)c1. The Morgan fingerprint density at radius 3 is 2.42 bits per heavy atom. The van der Waals surface area contributed by atoms with Gasteiger partial charge in [-0.25, -0.2) is 9.07 Å². The molecule has 1 atom stereocenters. The van der Waals surface area contributed by atoms with Crippen molar-refractivity contribution in [2.75, 3.05) is 47.4 Å². The number of tetrazole rings is 1. The summed E-state index contributed by atoms with van der Waals surface area (Å²) in [6.45, 7) is 4.10. The van der Waals surface area contributed by atoms with Crippen molar-refractivity contribution in [1.29, 1.82) is 0 Å². The normalized spacial score (nSPS) is 16.3. The number of ether oxygens (including phenoxy) is 2. The van der Waals surface area contributed by atoms with Crippen LogP contribution in [0, 0.1) is 5.82 Å². The summed E-state index contributed by atoms with van der Waals surface area (Å²) in [5, 5.41) is 12.6. The maximum absolute atomic E-state index is 13.3. The lowest BCUT2D eigenvalue weighted by molar-refractivity contribution is 0.120. The van der Waals surface area contributed by atoms with Crippen molar-refractivity contribution >= 4 is 0 Å². The van der Waals surface area contributed by atoms with Crippen LogP contribution in [0.2, 0.25) is 0 Å². The van der Waals surface area contributed by atoms with Gasteiger partial charge < -0.3 is 14.4 Å². The molecule has 1 saturated heterocycles. The fourth-order valence-electron chi connectivity index (χ4n) is 3.91. The maximum atomic E-state index is 13.3. The first-order chi connectivity index (χ1) is 15.1. The molecule has 1 aliphatic rings. The molecule has 0 amide bonds. The van der Waals surface area contributed by atoms with Crippen LogP contribution in [-0.2, 0) is 6.54 Å². The van der Waals surface area contributed by atoms with Crippen molar-refractivity contribution in [3.8, 4) is 11.5 Å². The highest BCUT2D eigenvalue weighted by atomic mass is 19.1. The minimum absolute atomic E-state index is 0.190. The van der Waals surface area contributed by atoms with E-state index in [2.05, 4.69) is 32.4 Å². The number of likely N-dealkylation sites (N-methyl/N-ethyl adjacent to an activating group) is 1. The van der Waals surface area contributed by atoms with E-state index >= 15 is 0 Å². The summed E-state index contributed by atoms with van der Waals surface area (Å²) in [6.07, 6.45) is 0. The molecule has 0 radical (unpaired) electrons. The standard InChI is InChI=1S/C22H27FN6O2/c1-27-10-12-28(13-11-27)21(19-9-8-18(30-2)14-20(19)31-3)22-24-25-26-29(22)15-16-4-6-17(23)7-5-16/h4-9,14,21H,10-13,15H2,1-3H3/t21-/m1/s1. The minimum Gasteiger partial charge on any atom is -0.497 e. The number of hydrogen-bond acceptors (Lipinski definition) is 7. The molecule has 1 aromatic heterocycles. The summed E-state index contributed by atoms with van der Waals surface area (Å²) in [5.74, 6) is 1.90. The van der Waals surface area contributed by atoms with Gasteiger partial charge in [-0.15, -0.1) is 5.10 Å². The Bertz CT molecular complexity index is 1000. The van der Waals surface area contributed by atoms with E-state index in [1.165, 1.54) is 12.1 Å². The molecule has 4 rings (SSSR count). The average Bonchev–Trinajstić information content (AvgIpc) is 3.24. The molecule has 2 heterocycles. The Morgan fingerprint density at radius 1 is 1.00 bits per heavy atom. The van der Waals surface area contributed by atoms with E-state index < -0.39 is 0 Å². The summed E-state index contributed by atoms with van der Waals surface area (Å²) < 4.78 is 26.2. The number of hydrogen-bond donors (Lipinski definition) is 0. The first-order valence-corrected chi connectivity index (χ1v) is 10.2. The number of piperazine rings is 1. The molecular formula is C22H27FN6O2. The molecule has 2 aromatic carbocycles. The van der Waals surface area contributed by atoms with Crippen LogP contribution in [0.15, 0.2) is 42.5 Å². The molecule has 0 unspecified atom stereocenters. The summed E-state index contributed by atoms with van der Waals surface area (Å²) in [5.41, 5.74) is 1.90. The van der Waals surface area contributed by atoms with E-state index in [1.807, 2.05) is 18.2 Å². The van der Waals surface area contributed by atoms with E-state index in [4.69, 9.17) is 9.47 Å². The Labute approximate surface area is 181 Å². The zero-order valence-corrected chi connectivity index (χ0v) is 18.0. The van der Waals surface area contributed by atoms with Crippen LogP contribution in [-0.4, -0.2) is 77.5 Å². The Morgan fingerprint density at radius 2 is 1.74 bits per heavy atom. The lowest BCUT2D eigenvalue weighted by Crippen LogP contribution is -2.46. The van der Waals surface area contributed by atoms with Crippen LogP contribution in [0.25, 0.3) is 0 Å². The number of halogens is 1. The molecular weight excluding hydrogens is 399 g/mol. The molecule has 164 valence electrons. The van der Waals surface area contributed by atoms with Gasteiger partial charge in [0.05, 0.1) is 20.8 Å². The zero-order valence-electron chi connectivity index (χ0n) is 18.0. The molecule has 9 heteroatoms. The van der Waals surface area contributed by atoms with Crippen molar-refractivity contribution in [2.45, 2.75) is 12.6 Å². The number of nitrogens with zero attached hydrogens (tertiary/aromatic N) is 6. The second-order valence-electron chi connectivity index (χ2n) is 7.67. The third-order valence-corrected chi connectivity index (χ3v) is 5.69. The topological polar surface area (TPSA) is 68.5 Å². The predicted octanol–water partition coefficient (Wildman–Crippen LogP) is 2.21. The molecule has 0 saturated carbocycles. The van der Waals surface area contributed by atoms with Gasteiger partial charge in [0.2, 0.25) is 0 Å². The molecule has 0 bridgehead atoms. The van der Waals surface area contributed by atoms with Gasteiger partial charge in [0.25, 0.3) is 0 Å². The van der Waals surface area contributed by atoms with E-state index in [9.17, 15) is 4.39 Å². The predicted molar refractivity (Wildman–Crippen MR) is 114 cm³/mol. The summed E-state index contributed by atoms with van der Waals surface area (Å²) in [7, 11) is 5.41. The first-order valence-electron chi connectivity index (χ1n) is 10.2. The van der Waals surface area contributed by atoms with Gasteiger partial charge in [0.15, 0.2) is 5.82 Å². The highest BCUT2D eigenvalue weighted by Crippen LogP contribution is 2.36. The molecule has 0 aliphatic carbocycles. The van der Waals surface area contributed by atoms with Crippen LogP contribution in [0.5, 0.6) is 11.5 Å². The van der Waals surface area contributed by atoms with Gasteiger partial charge in [-0.05, 0) is 47.3 Å². The Kier molecular flexibility index (Phi) is 6.43. The van der Waals surface area contributed by atoms with Crippen LogP contribution in [0.4, 0.5) is 4.39 Å². The second kappa shape index (κ2) is 9.40. The van der Waals surface area contributed by atoms with E-state index in [-0.39, 0.29) is 11.9 Å². The number of rotatable bonds is 7. The third kappa shape index (κ3) is 4.67. The van der Waals surface area contributed by atoms with Crippen LogP contribution >= 0.6 is 0 Å². The van der Waals surface area contributed by atoms with Gasteiger partial charge in [-0.1, -0.05) is 12.1 Å². The average molecular weight is 426 g/mol. The molecule has 0 spiro atoms. The number of benzene rings is 2. The van der Waals surface area contributed by atoms with Gasteiger partial charge in [-0.2, -0.15) is 0 Å². The Balaban J connectivity index is 1.74. The van der Waals surface area contributed by atoms with Crippen LogP contribution in [0.3, 0.4) is 0 Å². The minimum atomic E-state index is -0.265. The Hall–Kier alpha value is -3.04. The molecule has 31 heavy (non-hydrogen) atoms. The van der Waals surface area contributed by atoms with Crippen molar-refractivity contribution in [3.63, 3.8) is 0 Å². The quantitative estimate of drug-likeness (QED) is 0.574. The van der Waals surface area contributed by atoms with Crippen LogP contribution < -0.4 is 9.47 Å². The van der Waals surface area contributed by atoms with Crippen molar-refractivity contribution in [1.82, 2.24) is 30.0 Å². The van der Waals surface area contributed by atoms with E-state index in [1.54, 1.807) is 31.0 Å². The third-order valence-electron chi connectivity index (χ3n) is 5.69. The molecule has 1 aliphatic heterocycles. The van der Waals surface area contributed by atoms with E-state index in [0.29, 0.717) is 6.54 Å². The van der Waals surface area contributed by atoms with Gasteiger partial charge >= 0.3 is 0 Å². The molecule has 8 nitrogen and oxygen atoms in total. The maximum Gasteiger partial charge on any atom is 0.173 e. The first kappa shape index (κ1) is 21.2. The van der Waals surface area contributed by atoms with Gasteiger partial charge in [0.1, 0.15) is 23.4 Å². The largest absolute Gasteiger partial charge is 0.497 e. The molecule has 0 N–H and O–H groups in total. The van der Waals surface area contributed by atoms with E-state index in [0.717, 1.165) is 54.6 Å². The summed E-state index contributed by atoms with van der Waals surface area (Å²) >= 11 is 0. The lowest BCUT2D eigenvalue weighted by Gasteiger charge is -2.37. The molecule has 1 fully saturated rings. The monoisotopic (exact) mass is 426 g/mol.